The van der Waals surface area contributed by atoms with Crippen LogP contribution >= 0.6 is 0 Å². The second kappa shape index (κ2) is 4.73. The summed E-state index contributed by atoms with van der Waals surface area (Å²) in [5.41, 5.74) is 2.51. The van der Waals surface area contributed by atoms with Gasteiger partial charge in [-0.3, -0.25) is 0 Å². The lowest BCUT2D eigenvalue weighted by atomic mass is 9.93. The average molecular weight is 243 g/mol. The molecule has 18 heavy (non-hydrogen) atoms. The Labute approximate surface area is 108 Å². The molecule has 2 aromatic rings. The second-order valence-corrected chi connectivity index (χ2v) is 5.63. The van der Waals surface area contributed by atoms with Gasteiger partial charge in [0.1, 0.15) is 5.82 Å². The fourth-order valence-corrected chi connectivity index (χ4v) is 2.83. The second-order valence-electron chi connectivity index (χ2n) is 5.63. The third-order valence-electron chi connectivity index (χ3n) is 4.06. The van der Waals surface area contributed by atoms with E-state index in [9.17, 15) is 0 Å². The van der Waals surface area contributed by atoms with Crippen LogP contribution in [0.2, 0.25) is 0 Å². The molecule has 0 unspecified atom stereocenters. The fraction of sp³-hybridized carbons (Fsp3) is 0.533. The summed E-state index contributed by atoms with van der Waals surface area (Å²) in [4.78, 5) is 7.02. The number of fused-ring (bicyclic) bond motifs is 1. The Kier molecular flexibility index (Phi) is 3.08. The minimum atomic E-state index is 0.798. The van der Waals surface area contributed by atoms with E-state index in [1.165, 1.54) is 42.8 Å². The van der Waals surface area contributed by atoms with Crippen LogP contribution in [0.3, 0.4) is 0 Å². The zero-order valence-corrected chi connectivity index (χ0v) is 11.3. The van der Waals surface area contributed by atoms with Crippen molar-refractivity contribution < 1.29 is 0 Å². The molecule has 3 rings (SSSR count). The van der Waals surface area contributed by atoms with Crippen molar-refractivity contribution in [2.45, 2.75) is 26.2 Å². The van der Waals surface area contributed by atoms with Crippen molar-refractivity contribution in [2.24, 2.45) is 5.92 Å². The molecule has 0 aliphatic carbocycles. The number of hydrogen-bond donors (Lipinski definition) is 0. The maximum Gasteiger partial charge on any atom is 0.113 e. The van der Waals surface area contributed by atoms with Gasteiger partial charge in [-0.2, -0.15) is 0 Å². The minimum Gasteiger partial charge on any atom is -0.306 e. The molecule has 1 saturated heterocycles. The molecule has 0 amide bonds. The number of rotatable bonds is 2. The highest BCUT2D eigenvalue weighted by Crippen LogP contribution is 2.21. The number of pyridine rings is 1. The van der Waals surface area contributed by atoms with Crippen LogP contribution in [-0.4, -0.2) is 34.4 Å². The molecule has 0 aromatic carbocycles. The zero-order valence-electron chi connectivity index (χ0n) is 11.3. The first-order chi connectivity index (χ1) is 8.72. The van der Waals surface area contributed by atoms with Crippen LogP contribution in [0.25, 0.3) is 5.52 Å². The van der Waals surface area contributed by atoms with Crippen LogP contribution < -0.4 is 0 Å². The Hall–Kier alpha value is -1.35. The number of imidazole rings is 1. The molecule has 0 N–H and O–H groups in total. The molecule has 1 aliphatic heterocycles. The van der Waals surface area contributed by atoms with Gasteiger partial charge in [-0.1, -0.05) is 6.07 Å². The van der Waals surface area contributed by atoms with Crippen molar-refractivity contribution in [1.82, 2.24) is 14.3 Å². The lowest BCUT2D eigenvalue weighted by Crippen LogP contribution is -2.31. The van der Waals surface area contributed by atoms with Gasteiger partial charge in [0, 0.05) is 12.6 Å². The molecule has 96 valence electrons. The van der Waals surface area contributed by atoms with E-state index in [4.69, 9.17) is 0 Å². The number of nitrogens with zero attached hydrogens (tertiary/aromatic N) is 3. The van der Waals surface area contributed by atoms with Crippen LogP contribution in [0.15, 0.2) is 24.5 Å². The van der Waals surface area contributed by atoms with Gasteiger partial charge in [0.25, 0.3) is 0 Å². The monoisotopic (exact) mass is 243 g/mol. The number of aryl methyl sites for hydroxylation is 1. The van der Waals surface area contributed by atoms with Gasteiger partial charge in [-0.05, 0) is 57.5 Å². The maximum absolute atomic E-state index is 4.60. The van der Waals surface area contributed by atoms with Crippen molar-refractivity contribution in [3.05, 3.63) is 35.9 Å². The predicted octanol–water partition coefficient (Wildman–Crippen LogP) is 2.53. The van der Waals surface area contributed by atoms with E-state index in [-0.39, 0.29) is 0 Å². The summed E-state index contributed by atoms with van der Waals surface area (Å²) < 4.78 is 2.26. The summed E-state index contributed by atoms with van der Waals surface area (Å²) in [6.07, 6.45) is 7.91. The minimum absolute atomic E-state index is 0.798. The summed E-state index contributed by atoms with van der Waals surface area (Å²) >= 11 is 0. The topological polar surface area (TPSA) is 20.5 Å². The quantitative estimate of drug-likeness (QED) is 0.808. The Bertz CT molecular complexity index is 536. The van der Waals surface area contributed by atoms with Crippen LogP contribution in [0.5, 0.6) is 0 Å². The van der Waals surface area contributed by atoms with E-state index in [0.717, 1.165) is 12.3 Å². The normalized spacial score (nSPS) is 18.6. The number of likely N-dealkylation sites (tertiary alicyclic amines) is 1. The van der Waals surface area contributed by atoms with Gasteiger partial charge in [0.05, 0.1) is 11.7 Å². The zero-order chi connectivity index (χ0) is 12.5. The average Bonchev–Trinajstić information content (AvgIpc) is 2.75. The third kappa shape index (κ3) is 2.27. The Morgan fingerprint density at radius 3 is 2.83 bits per heavy atom. The third-order valence-corrected chi connectivity index (χ3v) is 4.06. The molecular weight excluding hydrogens is 222 g/mol. The maximum atomic E-state index is 4.60. The molecule has 1 fully saturated rings. The molecule has 3 nitrogen and oxygen atoms in total. The highest BCUT2D eigenvalue weighted by molar-refractivity contribution is 5.46. The molecule has 3 heteroatoms. The first-order valence-corrected chi connectivity index (χ1v) is 6.83. The van der Waals surface area contributed by atoms with Crippen molar-refractivity contribution in [3.63, 3.8) is 0 Å². The molecule has 0 saturated carbocycles. The number of piperidine rings is 1. The van der Waals surface area contributed by atoms with Gasteiger partial charge in [0.15, 0.2) is 0 Å². The predicted molar refractivity (Wildman–Crippen MR) is 73.9 cm³/mol. The van der Waals surface area contributed by atoms with Crippen LogP contribution in [0.1, 0.15) is 24.2 Å². The van der Waals surface area contributed by atoms with Gasteiger partial charge >= 0.3 is 0 Å². The summed E-state index contributed by atoms with van der Waals surface area (Å²) in [5.74, 6) is 2.02. The van der Waals surface area contributed by atoms with Gasteiger partial charge in [-0.25, -0.2) is 4.98 Å². The summed E-state index contributed by atoms with van der Waals surface area (Å²) in [6.45, 7) is 4.60. The molecule has 0 atom stereocenters. The van der Waals surface area contributed by atoms with Crippen molar-refractivity contribution in [1.29, 1.82) is 0 Å². The summed E-state index contributed by atoms with van der Waals surface area (Å²) in [7, 11) is 2.21. The lowest BCUT2D eigenvalue weighted by Gasteiger charge is -2.28. The van der Waals surface area contributed by atoms with Gasteiger partial charge in [-0.15, -0.1) is 0 Å². The van der Waals surface area contributed by atoms with E-state index in [0.29, 0.717) is 0 Å². The Morgan fingerprint density at radius 2 is 2.06 bits per heavy atom. The van der Waals surface area contributed by atoms with Crippen molar-refractivity contribution in [3.8, 4) is 0 Å². The molecule has 2 aromatic heterocycles. The molecular formula is C15H21N3. The molecule has 3 heterocycles. The van der Waals surface area contributed by atoms with E-state index < -0.39 is 0 Å². The highest BCUT2D eigenvalue weighted by Gasteiger charge is 2.18. The number of hydrogen-bond acceptors (Lipinski definition) is 2. The van der Waals surface area contributed by atoms with Crippen LogP contribution in [-0.2, 0) is 6.42 Å². The standard InChI is InChI=1S/C15H21N3/c1-12-3-4-14-10-16-15(18(14)11-12)9-13-5-7-17(2)8-6-13/h3-4,10-11,13H,5-9H2,1-2H3. The fourth-order valence-electron chi connectivity index (χ4n) is 2.83. The summed E-state index contributed by atoms with van der Waals surface area (Å²) in [6, 6.07) is 4.30. The number of aromatic nitrogens is 2. The van der Waals surface area contributed by atoms with Gasteiger partial charge in [0.2, 0.25) is 0 Å². The molecule has 0 radical (unpaired) electrons. The first kappa shape index (κ1) is 11.7. The highest BCUT2D eigenvalue weighted by atomic mass is 15.1. The smallest absolute Gasteiger partial charge is 0.113 e. The Morgan fingerprint density at radius 1 is 1.28 bits per heavy atom. The van der Waals surface area contributed by atoms with E-state index in [1.54, 1.807) is 0 Å². The van der Waals surface area contributed by atoms with Crippen LogP contribution in [0.4, 0.5) is 0 Å². The van der Waals surface area contributed by atoms with Crippen LogP contribution in [0, 0.1) is 12.8 Å². The van der Waals surface area contributed by atoms with E-state index >= 15 is 0 Å². The van der Waals surface area contributed by atoms with Gasteiger partial charge < -0.3 is 9.30 Å². The Balaban J connectivity index is 1.80. The summed E-state index contributed by atoms with van der Waals surface area (Å²) in [5, 5.41) is 0. The molecule has 1 aliphatic rings. The SMILES string of the molecule is Cc1ccc2cnc(CC3CCN(C)CC3)n2c1. The van der Waals surface area contributed by atoms with E-state index in [1.807, 2.05) is 6.20 Å². The first-order valence-electron chi connectivity index (χ1n) is 6.83. The van der Waals surface area contributed by atoms with Crippen molar-refractivity contribution in [2.75, 3.05) is 20.1 Å². The van der Waals surface area contributed by atoms with E-state index in [2.05, 4.69) is 46.6 Å². The molecule has 0 spiro atoms. The van der Waals surface area contributed by atoms with Crippen molar-refractivity contribution >= 4 is 5.52 Å². The largest absolute Gasteiger partial charge is 0.306 e. The molecule has 0 bridgehead atoms. The lowest BCUT2D eigenvalue weighted by molar-refractivity contribution is 0.217.